The van der Waals surface area contributed by atoms with Crippen LogP contribution in [0, 0.1) is 0 Å². The third kappa shape index (κ3) is 3.78. The Balaban J connectivity index is 2.01. The van der Waals surface area contributed by atoms with Gasteiger partial charge in [-0.3, -0.25) is 0 Å². The first-order valence-electron chi connectivity index (χ1n) is 9.63. The van der Waals surface area contributed by atoms with E-state index in [4.69, 9.17) is 0 Å². The van der Waals surface area contributed by atoms with Crippen LogP contribution in [0.5, 0.6) is 0 Å². The number of hydrogen-bond donors (Lipinski definition) is 0. The molecule has 0 aliphatic carbocycles. The van der Waals surface area contributed by atoms with E-state index in [-0.39, 0.29) is 0 Å². The summed E-state index contributed by atoms with van der Waals surface area (Å²) in [6.45, 7) is 0. The van der Waals surface area contributed by atoms with Crippen LogP contribution in [0.15, 0.2) is 120 Å². The molecule has 0 N–H and O–H groups in total. The summed E-state index contributed by atoms with van der Waals surface area (Å²) < 4.78 is 5.73. The van der Waals surface area contributed by atoms with E-state index in [1.54, 1.807) is 0 Å². The second-order valence-corrected chi connectivity index (χ2v) is 19.0. The van der Waals surface area contributed by atoms with E-state index in [1.165, 1.54) is 21.2 Å². The van der Waals surface area contributed by atoms with Crippen molar-refractivity contribution in [3.8, 4) is 0 Å². The van der Waals surface area contributed by atoms with Gasteiger partial charge in [0.05, 0.1) is 0 Å². The van der Waals surface area contributed by atoms with Gasteiger partial charge in [0.2, 0.25) is 0 Å². The summed E-state index contributed by atoms with van der Waals surface area (Å²) >= 11 is -1.39. The van der Waals surface area contributed by atoms with Gasteiger partial charge in [-0.1, -0.05) is 0 Å². The zero-order valence-corrected chi connectivity index (χ0v) is 19.8. The topological polar surface area (TPSA) is 0 Å². The van der Waals surface area contributed by atoms with Crippen molar-refractivity contribution < 1.29 is 0 Å². The van der Waals surface area contributed by atoms with Gasteiger partial charge in [0.15, 0.2) is 0 Å². The van der Waals surface area contributed by atoms with Crippen LogP contribution in [-0.2, 0) is 4.44 Å². The molecule has 0 bridgehead atoms. The second kappa shape index (κ2) is 9.02. The molecule has 0 saturated heterocycles. The average Bonchev–Trinajstić information content (AvgIpc) is 2.79. The fourth-order valence-corrected chi connectivity index (χ4v) is 18.7. The summed E-state index contributed by atoms with van der Waals surface area (Å²) in [4.78, 5) is 1.39. The summed E-state index contributed by atoms with van der Waals surface area (Å²) in [6.07, 6.45) is 2.18. The summed E-state index contributed by atoms with van der Waals surface area (Å²) in [5, 5.41) is 0. The van der Waals surface area contributed by atoms with E-state index < -0.39 is 18.4 Å². The summed E-state index contributed by atoms with van der Waals surface area (Å²) in [6, 6.07) is 42.7. The van der Waals surface area contributed by atoms with Crippen LogP contribution in [0.2, 0.25) is 0 Å². The summed E-state index contributed by atoms with van der Waals surface area (Å²) in [5.74, 6) is 0. The minimum absolute atomic E-state index is 1.13. The van der Waals surface area contributed by atoms with Crippen LogP contribution in [0.4, 0.5) is 0 Å². The molecule has 0 aromatic heterocycles. The standard InChI is InChI=1S/C8H9S.3C6H5.Sn/c1-7-5-3-4-6-8(7)9-2;3*1-2-4-6-5-3-1;/h3-6H,1H2,2H3;3*1-5H;. The molecular formula is C26H24SSn. The van der Waals surface area contributed by atoms with E-state index in [9.17, 15) is 0 Å². The van der Waals surface area contributed by atoms with Crippen molar-refractivity contribution in [3.05, 3.63) is 121 Å². The minimum atomic E-state index is -3.24. The van der Waals surface area contributed by atoms with Crippen molar-refractivity contribution in [2.45, 2.75) is 9.33 Å². The van der Waals surface area contributed by atoms with Crippen molar-refractivity contribution in [1.82, 2.24) is 0 Å². The number of thioether (sulfide) groups is 1. The molecule has 0 fully saturated rings. The van der Waals surface area contributed by atoms with E-state index in [0.717, 1.165) is 4.44 Å². The third-order valence-electron chi connectivity index (χ3n) is 5.45. The molecule has 4 aromatic carbocycles. The molecule has 0 spiro atoms. The van der Waals surface area contributed by atoms with Crippen LogP contribution in [0.1, 0.15) is 5.56 Å². The monoisotopic (exact) mass is 488 g/mol. The first kappa shape index (κ1) is 19.3. The molecule has 4 aromatic rings. The molecular weight excluding hydrogens is 463 g/mol. The van der Waals surface area contributed by atoms with Gasteiger partial charge in [0, 0.05) is 0 Å². The molecule has 0 atom stereocenters. The number of rotatable bonds is 6. The quantitative estimate of drug-likeness (QED) is 0.282. The fourth-order valence-electron chi connectivity index (χ4n) is 4.11. The predicted molar refractivity (Wildman–Crippen MR) is 126 cm³/mol. The van der Waals surface area contributed by atoms with Crippen LogP contribution in [-0.4, -0.2) is 24.6 Å². The Hall–Kier alpha value is -1.97. The zero-order valence-electron chi connectivity index (χ0n) is 16.1. The Labute approximate surface area is 176 Å². The Morgan fingerprint density at radius 1 is 0.536 bits per heavy atom. The van der Waals surface area contributed by atoms with Crippen molar-refractivity contribution in [3.63, 3.8) is 0 Å². The molecule has 0 nitrogen and oxygen atoms in total. The van der Waals surface area contributed by atoms with Crippen molar-refractivity contribution in [2.24, 2.45) is 0 Å². The van der Waals surface area contributed by atoms with E-state index in [2.05, 4.69) is 122 Å². The molecule has 0 saturated carbocycles. The van der Waals surface area contributed by atoms with E-state index in [0.29, 0.717) is 0 Å². The molecule has 138 valence electrons. The molecule has 0 amide bonds. The Kier molecular flexibility index (Phi) is 6.23. The van der Waals surface area contributed by atoms with Crippen LogP contribution >= 0.6 is 11.8 Å². The molecule has 0 aliphatic heterocycles. The Bertz CT molecular complexity index is 917. The average molecular weight is 487 g/mol. The molecule has 4 rings (SSSR count). The van der Waals surface area contributed by atoms with Gasteiger partial charge in [-0.2, -0.15) is 0 Å². The van der Waals surface area contributed by atoms with Gasteiger partial charge in [0.25, 0.3) is 0 Å². The molecule has 2 heteroatoms. The van der Waals surface area contributed by atoms with E-state index in [1.807, 2.05) is 11.8 Å². The van der Waals surface area contributed by atoms with Crippen LogP contribution < -0.4 is 10.7 Å². The summed E-state index contributed by atoms with van der Waals surface area (Å²) in [5.41, 5.74) is 1.47. The number of hydrogen-bond acceptors (Lipinski definition) is 1. The number of benzene rings is 4. The normalized spacial score (nSPS) is 11.3. The molecule has 0 heterocycles. The molecule has 0 aliphatic rings. The first-order chi connectivity index (χ1) is 13.8. The summed E-state index contributed by atoms with van der Waals surface area (Å²) in [7, 11) is 0. The van der Waals surface area contributed by atoms with Gasteiger partial charge in [0.1, 0.15) is 0 Å². The van der Waals surface area contributed by atoms with Crippen LogP contribution in [0.25, 0.3) is 0 Å². The predicted octanol–water partition coefficient (Wildman–Crippen LogP) is 4.66. The molecule has 0 unspecified atom stereocenters. The Morgan fingerprint density at radius 3 is 1.36 bits per heavy atom. The molecule has 0 radical (unpaired) electrons. The van der Waals surface area contributed by atoms with Crippen molar-refractivity contribution >= 4 is 40.9 Å². The SMILES string of the molecule is CSc1ccccc1[CH2][Sn]([c]1ccccc1)([c]1ccccc1)[c]1ccccc1. The van der Waals surface area contributed by atoms with Crippen LogP contribution in [0.3, 0.4) is 0 Å². The van der Waals surface area contributed by atoms with Gasteiger partial charge < -0.3 is 0 Å². The first-order valence-corrected chi connectivity index (χ1v) is 17.2. The van der Waals surface area contributed by atoms with Gasteiger partial charge >= 0.3 is 177 Å². The van der Waals surface area contributed by atoms with Gasteiger partial charge in [-0.15, -0.1) is 0 Å². The van der Waals surface area contributed by atoms with E-state index >= 15 is 0 Å². The molecule has 28 heavy (non-hydrogen) atoms. The van der Waals surface area contributed by atoms with Crippen molar-refractivity contribution in [2.75, 3.05) is 6.26 Å². The van der Waals surface area contributed by atoms with Crippen molar-refractivity contribution in [1.29, 1.82) is 0 Å². The second-order valence-electron chi connectivity index (χ2n) is 6.99. The van der Waals surface area contributed by atoms with Gasteiger partial charge in [-0.25, -0.2) is 0 Å². The maximum absolute atomic E-state index is 3.24. The Morgan fingerprint density at radius 2 is 0.929 bits per heavy atom. The van der Waals surface area contributed by atoms with Gasteiger partial charge in [-0.05, 0) is 0 Å². The maximum atomic E-state index is 2.36. The third-order valence-corrected chi connectivity index (χ3v) is 20.2. The zero-order chi connectivity index (χ0) is 19.2. The fraction of sp³-hybridized carbons (Fsp3) is 0.0769.